The monoisotopic (exact) mass is 250 g/mol. The molecular weight excluding hydrogens is 240 g/mol. The van der Waals surface area contributed by atoms with E-state index in [9.17, 15) is 0 Å². The van der Waals surface area contributed by atoms with Crippen LogP contribution in [0.15, 0.2) is 49.2 Å². The molecular formula is C13H10N6. The maximum absolute atomic E-state index is 5.80. The van der Waals surface area contributed by atoms with E-state index in [2.05, 4.69) is 21.0 Å². The summed E-state index contributed by atoms with van der Waals surface area (Å²) in [5.74, 6) is 0.389. The molecule has 0 radical (unpaired) electrons. The third-order valence-corrected chi connectivity index (χ3v) is 3.16. The molecule has 0 aliphatic heterocycles. The van der Waals surface area contributed by atoms with E-state index in [1.807, 2.05) is 39.8 Å². The molecule has 0 unspecified atom stereocenters. The molecule has 0 spiro atoms. The molecule has 0 saturated heterocycles. The largest absolute Gasteiger partial charge is 0.382 e. The van der Waals surface area contributed by atoms with Gasteiger partial charge in [0.1, 0.15) is 12.7 Å². The van der Waals surface area contributed by atoms with Crippen LogP contribution in [0.4, 0.5) is 5.82 Å². The number of para-hydroxylation sites is 1. The fourth-order valence-electron chi connectivity index (χ4n) is 2.26. The van der Waals surface area contributed by atoms with Crippen molar-refractivity contribution in [2.45, 2.75) is 0 Å². The molecule has 1 aromatic carbocycles. The van der Waals surface area contributed by atoms with Gasteiger partial charge in [0.25, 0.3) is 0 Å². The average Bonchev–Trinajstić information content (AvgIpc) is 3.02. The lowest BCUT2D eigenvalue weighted by Crippen LogP contribution is -2.07. The van der Waals surface area contributed by atoms with E-state index in [1.54, 1.807) is 6.33 Å². The lowest BCUT2D eigenvalue weighted by Gasteiger charge is -2.06. The molecule has 0 aliphatic carbocycles. The first-order valence-electron chi connectivity index (χ1n) is 5.85. The number of fused-ring (bicyclic) bond motifs is 2. The normalized spacial score (nSPS) is 11.4. The second-order valence-electron chi connectivity index (χ2n) is 4.24. The Bertz CT molecular complexity index is 888. The van der Waals surface area contributed by atoms with Crippen LogP contribution in [0.2, 0.25) is 0 Å². The Kier molecular flexibility index (Phi) is 1.88. The molecule has 0 saturated carbocycles. The van der Waals surface area contributed by atoms with Crippen LogP contribution < -0.4 is 5.73 Å². The van der Waals surface area contributed by atoms with Crippen LogP contribution in [-0.4, -0.2) is 24.3 Å². The van der Waals surface area contributed by atoms with E-state index in [1.165, 1.54) is 6.33 Å². The molecule has 4 aromatic rings. The average molecular weight is 250 g/mol. The summed E-state index contributed by atoms with van der Waals surface area (Å²) in [7, 11) is 0. The number of anilines is 1. The summed E-state index contributed by atoms with van der Waals surface area (Å²) in [6.45, 7) is 0. The Labute approximate surface area is 108 Å². The highest BCUT2D eigenvalue weighted by Crippen LogP contribution is 2.19. The summed E-state index contributed by atoms with van der Waals surface area (Å²) < 4.78 is 3.84. The van der Waals surface area contributed by atoms with Gasteiger partial charge in [0.2, 0.25) is 0 Å². The van der Waals surface area contributed by atoms with E-state index < -0.39 is 0 Å². The number of nitrogens with zero attached hydrogens (tertiary/aromatic N) is 5. The van der Waals surface area contributed by atoms with E-state index in [0.717, 1.165) is 10.9 Å². The number of hydrogen-bond donors (Lipinski definition) is 1. The van der Waals surface area contributed by atoms with Gasteiger partial charge in [-0.2, -0.15) is 0 Å². The summed E-state index contributed by atoms with van der Waals surface area (Å²) in [5, 5.41) is 1.16. The highest BCUT2D eigenvalue weighted by atomic mass is 15.5. The molecule has 3 aromatic heterocycles. The maximum atomic E-state index is 5.80. The highest BCUT2D eigenvalue weighted by molar-refractivity contribution is 5.83. The van der Waals surface area contributed by atoms with Gasteiger partial charge in [-0.25, -0.2) is 19.6 Å². The zero-order valence-electron chi connectivity index (χ0n) is 9.93. The molecule has 0 fully saturated rings. The third kappa shape index (κ3) is 1.33. The number of benzene rings is 1. The molecule has 0 amide bonds. The number of nitrogens with two attached hydrogens (primary N) is 1. The van der Waals surface area contributed by atoms with Gasteiger partial charge in [-0.1, -0.05) is 18.2 Å². The first-order chi connectivity index (χ1) is 9.34. The quantitative estimate of drug-likeness (QED) is 0.557. The van der Waals surface area contributed by atoms with Crippen molar-refractivity contribution in [3.05, 3.63) is 49.2 Å². The van der Waals surface area contributed by atoms with Gasteiger partial charge in [-0.15, -0.1) is 0 Å². The van der Waals surface area contributed by atoms with Crippen molar-refractivity contribution in [1.29, 1.82) is 0 Å². The molecule has 0 atom stereocenters. The van der Waals surface area contributed by atoms with Crippen molar-refractivity contribution >= 4 is 27.9 Å². The van der Waals surface area contributed by atoms with Gasteiger partial charge < -0.3 is 5.73 Å². The molecule has 6 heteroatoms. The Morgan fingerprint density at radius 1 is 0.947 bits per heavy atom. The number of hydrogen-bond acceptors (Lipinski definition) is 4. The summed E-state index contributed by atoms with van der Waals surface area (Å²) >= 11 is 0. The topological polar surface area (TPSA) is 74.6 Å². The summed E-state index contributed by atoms with van der Waals surface area (Å²) in [4.78, 5) is 12.5. The van der Waals surface area contributed by atoms with Gasteiger partial charge in [0, 0.05) is 11.6 Å². The molecule has 92 valence electrons. The van der Waals surface area contributed by atoms with Crippen LogP contribution in [0.5, 0.6) is 0 Å². The molecule has 0 aliphatic rings. The van der Waals surface area contributed by atoms with E-state index in [4.69, 9.17) is 5.73 Å². The van der Waals surface area contributed by atoms with Gasteiger partial charge >= 0.3 is 0 Å². The van der Waals surface area contributed by atoms with Crippen LogP contribution in [0.1, 0.15) is 0 Å². The third-order valence-electron chi connectivity index (χ3n) is 3.16. The van der Waals surface area contributed by atoms with E-state index >= 15 is 0 Å². The molecule has 6 nitrogen and oxygen atoms in total. The predicted molar refractivity (Wildman–Crippen MR) is 72.5 cm³/mol. The molecule has 3 heterocycles. The van der Waals surface area contributed by atoms with Crippen LogP contribution in [0, 0.1) is 0 Å². The second kappa shape index (κ2) is 3.55. The lowest BCUT2D eigenvalue weighted by molar-refractivity contribution is 0.702. The predicted octanol–water partition coefficient (Wildman–Crippen LogP) is 1.67. The SMILES string of the molecule is Nc1ncnc2c1ncn2-n1ccc2ccccc21. The maximum Gasteiger partial charge on any atom is 0.184 e. The standard InChI is InChI=1S/C13H10N6/c14-12-11-13(16-7-15-12)19(8-17-11)18-6-5-9-3-1-2-4-10(9)18/h1-8H,(H2,14,15,16). The van der Waals surface area contributed by atoms with Crippen LogP contribution in [0.3, 0.4) is 0 Å². The van der Waals surface area contributed by atoms with Crippen molar-refractivity contribution in [1.82, 2.24) is 24.3 Å². The van der Waals surface area contributed by atoms with Gasteiger partial charge in [0.05, 0.1) is 5.52 Å². The van der Waals surface area contributed by atoms with Crippen LogP contribution >= 0.6 is 0 Å². The van der Waals surface area contributed by atoms with E-state index in [0.29, 0.717) is 17.0 Å². The van der Waals surface area contributed by atoms with Gasteiger partial charge in [-0.3, -0.25) is 4.68 Å². The number of imidazole rings is 1. The van der Waals surface area contributed by atoms with Crippen molar-refractivity contribution in [2.75, 3.05) is 5.73 Å². The highest BCUT2D eigenvalue weighted by Gasteiger charge is 2.10. The zero-order valence-corrected chi connectivity index (χ0v) is 9.93. The summed E-state index contributed by atoms with van der Waals surface area (Å²) in [5.41, 5.74) is 8.18. The van der Waals surface area contributed by atoms with E-state index in [-0.39, 0.29) is 0 Å². The number of aromatic nitrogens is 5. The molecule has 0 bridgehead atoms. The Hall–Kier alpha value is -2.89. The fourth-order valence-corrected chi connectivity index (χ4v) is 2.26. The molecule has 19 heavy (non-hydrogen) atoms. The number of nitrogen functional groups attached to an aromatic ring is 1. The minimum Gasteiger partial charge on any atom is -0.382 e. The van der Waals surface area contributed by atoms with Crippen molar-refractivity contribution < 1.29 is 0 Å². The van der Waals surface area contributed by atoms with Crippen molar-refractivity contribution in [3.63, 3.8) is 0 Å². The summed E-state index contributed by atoms with van der Waals surface area (Å²) in [6.07, 6.45) is 5.12. The van der Waals surface area contributed by atoms with Crippen molar-refractivity contribution in [2.24, 2.45) is 0 Å². The number of rotatable bonds is 1. The van der Waals surface area contributed by atoms with Crippen LogP contribution in [0.25, 0.3) is 22.1 Å². The summed E-state index contributed by atoms with van der Waals surface area (Å²) in [6, 6.07) is 10.2. The van der Waals surface area contributed by atoms with Crippen LogP contribution in [-0.2, 0) is 0 Å². The minimum atomic E-state index is 0.389. The first kappa shape index (κ1) is 10.1. The van der Waals surface area contributed by atoms with Gasteiger partial charge in [-0.05, 0) is 12.1 Å². The van der Waals surface area contributed by atoms with Crippen molar-refractivity contribution in [3.8, 4) is 0 Å². The second-order valence-corrected chi connectivity index (χ2v) is 4.24. The minimum absolute atomic E-state index is 0.389. The first-order valence-corrected chi connectivity index (χ1v) is 5.85. The lowest BCUT2D eigenvalue weighted by atomic mass is 10.3. The molecule has 2 N–H and O–H groups in total. The Morgan fingerprint density at radius 3 is 2.79 bits per heavy atom. The van der Waals surface area contributed by atoms with Gasteiger partial charge in [0.15, 0.2) is 17.0 Å². The smallest absolute Gasteiger partial charge is 0.184 e. The Balaban J connectivity index is 2.07. The Morgan fingerprint density at radius 2 is 1.84 bits per heavy atom. The molecule has 4 rings (SSSR count). The zero-order chi connectivity index (χ0) is 12.8. The fraction of sp³-hybridized carbons (Fsp3) is 0.